The van der Waals surface area contributed by atoms with E-state index in [0.717, 1.165) is 43.1 Å². The average molecular weight is 254 g/mol. The maximum absolute atomic E-state index is 6.25. The molecule has 1 atom stereocenters. The Kier molecular flexibility index (Phi) is 4.43. The monoisotopic (exact) mass is 253 g/mol. The number of aryl methyl sites for hydroxylation is 1. The number of hydrogen-bond acceptors (Lipinski definition) is 2. The molecule has 1 heterocycles. The van der Waals surface area contributed by atoms with Gasteiger partial charge in [-0.3, -0.25) is 0 Å². The minimum atomic E-state index is 0.0474. The third-order valence-corrected chi connectivity index (χ3v) is 3.81. The molecule has 0 saturated carbocycles. The van der Waals surface area contributed by atoms with E-state index in [2.05, 4.69) is 12.1 Å². The maximum Gasteiger partial charge on any atom is 0.0468 e. The molecule has 1 aliphatic heterocycles. The van der Waals surface area contributed by atoms with Gasteiger partial charge in [0, 0.05) is 24.3 Å². The fraction of sp³-hybridized carbons (Fsp3) is 0.571. The maximum atomic E-state index is 6.25. The van der Waals surface area contributed by atoms with E-state index in [0.29, 0.717) is 5.92 Å². The summed E-state index contributed by atoms with van der Waals surface area (Å²) in [7, 11) is 0. The van der Waals surface area contributed by atoms with Crippen LogP contribution in [0.3, 0.4) is 0 Å². The van der Waals surface area contributed by atoms with Gasteiger partial charge in [0.2, 0.25) is 0 Å². The summed E-state index contributed by atoms with van der Waals surface area (Å²) in [5.74, 6) is 0.677. The van der Waals surface area contributed by atoms with Crippen LogP contribution in [0.15, 0.2) is 18.2 Å². The smallest absolute Gasteiger partial charge is 0.0468 e. The lowest BCUT2D eigenvalue weighted by Gasteiger charge is -2.25. The van der Waals surface area contributed by atoms with Gasteiger partial charge in [0.1, 0.15) is 0 Å². The van der Waals surface area contributed by atoms with Crippen molar-refractivity contribution in [2.24, 2.45) is 11.7 Å². The molecule has 0 aromatic heterocycles. The first-order valence-electron chi connectivity index (χ1n) is 6.26. The van der Waals surface area contributed by atoms with Gasteiger partial charge in [0.05, 0.1) is 0 Å². The Bertz CT molecular complexity index is 374. The molecule has 1 fully saturated rings. The number of rotatable bonds is 3. The molecule has 2 N–H and O–H groups in total. The van der Waals surface area contributed by atoms with Gasteiger partial charge in [-0.15, -0.1) is 0 Å². The summed E-state index contributed by atoms with van der Waals surface area (Å²) in [4.78, 5) is 0. The van der Waals surface area contributed by atoms with Gasteiger partial charge in [-0.25, -0.2) is 0 Å². The van der Waals surface area contributed by atoms with Crippen molar-refractivity contribution in [3.05, 3.63) is 34.3 Å². The standard InChI is InChI=1S/C14H20ClNO/c1-10-2-3-12(13(15)8-10)14(16)9-11-4-6-17-7-5-11/h2-3,8,11,14H,4-7,9,16H2,1H3. The Morgan fingerprint density at radius 3 is 2.76 bits per heavy atom. The third kappa shape index (κ3) is 3.44. The molecular weight excluding hydrogens is 234 g/mol. The van der Waals surface area contributed by atoms with Crippen molar-refractivity contribution < 1.29 is 4.74 Å². The first kappa shape index (κ1) is 12.9. The summed E-state index contributed by atoms with van der Waals surface area (Å²) in [6.45, 7) is 3.79. The Labute approximate surface area is 108 Å². The molecule has 0 radical (unpaired) electrons. The number of halogens is 1. The van der Waals surface area contributed by atoms with Crippen molar-refractivity contribution in [3.63, 3.8) is 0 Å². The van der Waals surface area contributed by atoms with E-state index in [1.807, 2.05) is 13.0 Å². The summed E-state index contributed by atoms with van der Waals surface area (Å²) >= 11 is 6.24. The molecule has 2 rings (SSSR count). The lowest BCUT2D eigenvalue weighted by Crippen LogP contribution is -2.21. The summed E-state index contributed by atoms with van der Waals surface area (Å²) in [6.07, 6.45) is 3.25. The summed E-state index contributed by atoms with van der Waals surface area (Å²) in [5, 5.41) is 0.796. The SMILES string of the molecule is Cc1ccc(C(N)CC2CCOCC2)c(Cl)c1. The van der Waals surface area contributed by atoms with Crippen LogP contribution in [0.4, 0.5) is 0 Å². The van der Waals surface area contributed by atoms with E-state index in [1.165, 1.54) is 5.56 Å². The molecule has 0 amide bonds. The molecule has 2 nitrogen and oxygen atoms in total. The predicted molar refractivity (Wildman–Crippen MR) is 71.3 cm³/mol. The van der Waals surface area contributed by atoms with E-state index >= 15 is 0 Å². The van der Waals surface area contributed by atoms with Crippen LogP contribution in [0.5, 0.6) is 0 Å². The second-order valence-corrected chi connectivity index (χ2v) is 5.33. The van der Waals surface area contributed by atoms with Gasteiger partial charge in [-0.2, -0.15) is 0 Å². The van der Waals surface area contributed by atoms with E-state index in [-0.39, 0.29) is 6.04 Å². The molecule has 1 aromatic carbocycles. The van der Waals surface area contributed by atoms with Crippen LogP contribution in [-0.2, 0) is 4.74 Å². The van der Waals surface area contributed by atoms with Crippen LogP contribution < -0.4 is 5.73 Å². The number of benzene rings is 1. The Hall–Kier alpha value is -0.570. The predicted octanol–water partition coefficient (Wildman–Crippen LogP) is 3.46. The summed E-state index contributed by atoms with van der Waals surface area (Å²) in [6, 6.07) is 6.17. The van der Waals surface area contributed by atoms with Crippen LogP contribution in [0.1, 0.15) is 36.4 Å². The molecule has 1 saturated heterocycles. The lowest BCUT2D eigenvalue weighted by atomic mass is 9.90. The lowest BCUT2D eigenvalue weighted by molar-refractivity contribution is 0.0618. The van der Waals surface area contributed by atoms with Crippen LogP contribution in [0.25, 0.3) is 0 Å². The molecule has 1 aliphatic rings. The molecule has 1 unspecified atom stereocenters. The largest absolute Gasteiger partial charge is 0.381 e. The molecule has 1 aromatic rings. The normalized spacial score (nSPS) is 19.2. The fourth-order valence-electron chi connectivity index (χ4n) is 2.40. The molecular formula is C14H20ClNO. The quantitative estimate of drug-likeness (QED) is 0.895. The molecule has 94 valence electrons. The van der Waals surface area contributed by atoms with E-state index < -0.39 is 0 Å². The molecule has 0 bridgehead atoms. The van der Waals surface area contributed by atoms with Crippen molar-refractivity contribution in [1.29, 1.82) is 0 Å². The first-order valence-corrected chi connectivity index (χ1v) is 6.64. The van der Waals surface area contributed by atoms with Gasteiger partial charge in [-0.1, -0.05) is 23.7 Å². The minimum absolute atomic E-state index is 0.0474. The van der Waals surface area contributed by atoms with Crippen LogP contribution >= 0.6 is 11.6 Å². The topological polar surface area (TPSA) is 35.2 Å². The zero-order chi connectivity index (χ0) is 12.3. The second kappa shape index (κ2) is 5.85. The van der Waals surface area contributed by atoms with Gasteiger partial charge < -0.3 is 10.5 Å². The van der Waals surface area contributed by atoms with E-state index in [4.69, 9.17) is 22.1 Å². The first-order chi connectivity index (χ1) is 8.16. The highest BCUT2D eigenvalue weighted by atomic mass is 35.5. The number of nitrogens with two attached hydrogens (primary N) is 1. The average Bonchev–Trinajstić information content (AvgIpc) is 2.30. The third-order valence-electron chi connectivity index (χ3n) is 3.48. The summed E-state index contributed by atoms with van der Waals surface area (Å²) < 4.78 is 5.36. The van der Waals surface area contributed by atoms with E-state index in [9.17, 15) is 0 Å². The van der Waals surface area contributed by atoms with Crippen LogP contribution in [-0.4, -0.2) is 13.2 Å². The highest BCUT2D eigenvalue weighted by Gasteiger charge is 2.19. The minimum Gasteiger partial charge on any atom is -0.381 e. The van der Waals surface area contributed by atoms with E-state index in [1.54, 1.807) is 0 Å². The van der Waals surface area contributed by atoms with Crippen molar-refractivity contribution in [1.82, 2.24) is 0 Å². The Morgan fingerprint density at radius 2 is 2.12 bits per heavy atom. The molecule has 17 heavy (non-hydrogen) atoms. The number of hydrogen-bond donors (Lipinski definition) is 1. The van der Waals surface area contributed by atoms with Gasteiger partial charge >= 0.3 is 0 Å². The highest BCUT2D eigenvalue weighted by molar-refractivity contribution is 6.31. The second-order valence-electron chi connectivity index (χ2n) is 4.92. The molecule has 3 heteroatoms. The Balaban J connectivity index is 2.00. The Morgan fingerprint density at radius 1 is 1.41 bits per heavy atom. The highest BCUT2D eigenvalue weighted by Crippen LogP contribution is 2.30. The summed E-state index contributed by atoms with van der Waals surface area (Å²) in [5.41, 5.74) is 8.50. The number of ether oxygens (including phenoxy) is 1. The van der Waals surface area contributed by atoms with Crippen LogP contribution in [0.2, 0.25) is 5.02 Å². The zero-order valence-corrected chi connectivity index (χ0v) is 11.0. The van der Waals surface area contributed by atoms with Gasteiger partial charge in [-0.05, 0) is 49.3 Å². The van der Waals surface area contributed by atoms with Gasteiger partial charge in [0.25, 0.3) is 0 Å². The van der Waals surface area contributed by atoms with Crippen LogP contribution in [0, 0.1) is 12.8 Å². The van der Waals surface area contributed by atoms with Crippen molar-refractivity contribution in [3.8, 4) is 0 Å². The molecule has 0 aliphatic carbocycles. The van der Waals surface area contributed by atoms with Crippen molar-refractivity contribution >= 4 is 11.6 Å². The van der Waals surface area contributed by atoms with Crippen molar-refractivity contribution in [2.45, 2.75) is 32.2 Å². The molecule has 0 spiro atoms. The fourth-order valence-corrected chi connectivity index (χ4v) is 2.78. The zero-order valence-electron chi connectivity index (χ0n) is 10.3. The van der Waals surface area contributed by atoms with Crippen molar-refractivity contribution in [2.75, 3.05) is 13.2 Å². The van der Waals surface area contributed by atoms with Gasteiger partial charge in [0.15, 0.2) is 0 Å².